The van der Waals surface area contributed by atoms with Crippen LogP contribution in [0.5, 0.6) is 0 Å². The predicted octanol–water partition coefficient (Wildman–Crippen LogP) is 5.64. The molecule has 130 valence electrons. The zero-order valence-electron chi connectivity index (χ0n) is 15.3. The van der Waals surface area contributed by atoms with E-state index in [4.69, 9.17) is 9.98 Å². The molecule has 1 fully saturated rings. The third-order valence-electron chi connectivity index (χ3n) is 6.23. The second-order valence-corrected chi connectivity index (χ2v) is 7.89. The normalized spacial score (nSPS) is 18.6. The van der Waals surface area contributed by atoms with Gasteiger partial charge in [0.05, 0.1) is 16.8 Å². The minimum atomic E-state index is 0.0972. The Labute approximate surface area is 155 Å². The fourth-order valence-electron chi connectivity index (χ4n) is 4.82. The Morgan fingerprint density at radius 2 is 1.62 bits per heavy atom. The number of fused-ring (bicyclic) bond motifs is 2. The molecule has 0 bridgehead atoms. The maximum absolute atomic E-state index is 5.43. The van der Waals surface area contributed by atoms with Crippen LogP contribution in [0.1, 0.15) is 54.4 Å². The topological polar surface area (TPSA) is 25.2 Å². The molecule has 2 aromatic carbocycles. The van der Waals surface area contributed by atoms with Gasteiger partial charge in [-0.25, -0.2) is 0 Å². The number of benzene rings is 2. The van der Waals surface area contributed by atoms with Gasteiger partial charge in [-0.05, 0) is 43.4 Å². The molecule has 0 N–H and O–H groups in total. The Morgan fingerprint density at radius 3 is 2.50 bits per heavy atom. The van der Waals surface area contributed by atoms with E-state index in [1.54, 1.807) is 0 Å². The third-order valence-corrected chi connectivity index (χ3v) is 6.23. The second kappa shape index (κ2) is 6.05. The van der Waals surface area contributed by atoms with Crippen LogP contribution in [0.3, 0.4) is 0 Å². The summed E-state index contributed by atoms with van der Waals surface area (Å²) in [5.41, 5.74) is 7.55. The molecule has 1 aliphatic heterocycles. The Bertz CT molecular complexity index is 1010. The first-order valence-electron chi connectivity index (χ1n) is 9.79. The monoisotopic (exact) mass is 340 g/mol. The van der Waals surface area contributed by atoms with Crippen molar-refractivity contribution in [1.29, 1.82) is 0 Å². The molecule has 2 heteroatoms. The van der Waals surface area contributed by atoms with Gasteiger partial charge in [-0.2, -0.15) is 0 Å². The van der Waals surface area contributed by atoms with E-state index in [0.717, 1.165) is 17.6 Å². The van der Waals surface area contributed by atoms with Gasteiger partial charge in [0.1, 0.15) is 0 Å². The van der Waals surface area contributed by atoms with Crippen LogP contribution in [0.2, 0.25) is 0 Å². The Morgan fingerprint density at radius 1 is 0.846 bits per heavy atom. The molecule has 1 aromatic heterocycles. The third kappa shape index (κ3) is 2.47. The highest BCUT2D eigenvalue weighted by Gasteiger charge is 2.36. The molecule has 5 rings (SSSR count). The SMILES string of the molecule is Cc1c(C2=NC3(CCCCC3)Cc3ccccc32)cnc2ccccc12. The molecule has 0 saturated heterocycles. The first-order chi connectivity index (χ1) is 12.8. The predicted molar refractivity (Wildman–Crippen MR) is 108 cm³/mol. The van der Waals surface area contributed by atoms with Crippen molar-refractivity contribution in [3.8, 4) is 0 Å². The molecular weight excluding hydrogens is 316 g/mol. The molecule has 1 spiro atoms. The average Bonchev–Trinajstić information content (AvgIpc) is 2.69. The number of rotatable bonds is 1. The highest BCUT2D eigenvalue weighted by molar-refractivity contribution is 6.16. The minimum absolute atomic E-state index is 0.0972. The highest BCUT2D eigenvalue weighted by atomic mass is 14.9. The number of hydrogen-bond acceptors (Lipinski definition) is 2. The first kappa shape index (κ1) is 15.7. The van der Waals surface area contributed by atoms with Crippen molar-refractivity contribution in [3.63, 3.8) is 0 Å². The zero-order chi connectivity index (χ0) is 17.6. The van der Waals surface area contributed by atoms with E-state index in [1.165, 1.54) is 59.7 Å². The van der Waals surface area contributed by atoms with Crippen LogP contribution >= 0.6 is 0 Å². The minimum Gasteiger partial charge on any atom is -0.277 e. The standard InChI is InChI=1S/C24H24N2/c1-17-19-10-5-6-12-22(19)25-16-21(17)23-20-11-4-3-9-18(20)15-24(26-23)13-7-2-8-14-24/h3-6,9-12,16H,2,7-8,13-15H2,1H3. The van der Waals surface area contributed by atoms with Gasteiger partial charge in [0.2, 0.25) is 0 Å². The van der Waals surface area contributed by atoms with Crippen molar-refractivity contribution < 1.29 is 0 Å². The summed E-state index contributed by atoms with van der Waals surface area (Å²) in [6, 6.07) is 17.3. The number of nitrogens with zero attached hydrogens (tertiary/aromatic N) is 2. The summed E-state index contributed by atoms with van der Waals surface area (Å²) >= 11 is 0. The molecule has 0 atom stereocenters. The first-order valence-corrected chi connectivity index (χ1v) is 9.79. The Hall–Kier alpha value is -2.48. The number of para-hydroxylation sites is 1. The van der Waals surface area contributed by atoms with Crippen LogP contribution in [0.25, 0.3) is 10.9 Å². The van der Waals surface area contributed by atoms with Gasteiger partial charge in [-0.3, -0.25) is 9.98 Å². The molecule has 1 aliphatic carbocycles. The maximum atomic E-state index is 5.43. The summed E-state index contributed by atoms with van der Waals surface area (Å²) in [7, 11) is 0. The maximum Gasteiger partial charge on any atom is 0.0747 e. The summed E-state index contributed by atoms with van der Waals surface area (Å²) in [6.45, 7) is 2.21. The lowest BCUT2D eigenvalue weighted by atomic mass is 9.74. The van der Waals surface area contributed by atoms with Gasteiger partial charge in [0.25, 0.3) is 0 Å². The van der Waals surface area contributed by atoms with E-state index in [1.807, 2.05) is 6.20 Å². The Balaban J connectivity index is 1.74. The summed E-state index contributed by atoms with van der Waals surface area (Å²) in [6.07, 6.45) is 9.50. The molecule has 0 radical (unpaired) electrons. The van der Waals surface area contributed by atoms with Crippen molar-refractivity contribution in [3.05, 3.63) is 77.0 Å². The van der Waals surface area contributed by atoms with Gasteiger partial charge in [-0.15, -0.1) is 0 Å². The molecule has 1 saturated carbocycles. The molecular formula is C24H24N2. The van der Waals surface area contributed by atoms with Crippen LogP contribution in [0, 0.1) is 6.92 Å². The van der Waals surface area contributed by atoms with Crippen molar-refractivity contribution >= 4 is 16.6 Å². The van der Waals surface area contributed by atoms with Gasteiger partial charge in [0.15, 0.2) is 0 Å². The van der Waals surface area contributed by atoms with E-state index in [0.29, 0.717) is 0 Å². The van der Waals surface area contributed by atoms with Gasteiger partial charge in [0, 0.05) is 22.7 Å². The van der Waals surface area contributed by atoms with Crippen molar-refractivity contribution in [2.24, 2.45) is 4.99 Å². The lowest BCUT2D eigenvalue weighted by Crippen LogP contribution is -2.37. The molecule has 2 nitrogen and oxygen atoms in total. The smallest absolute Gasteiger partial charge is 0.0747 e. The number of hydrogen-bond donors (Lipinski definition) is 0. The van der Waals surface area contributed by atoms with Crippen molar-refractivity contribution in [2.45, 2.75) is 51.0 Å². The van der Waals surface area contributed by atoms with Crippen LogP contribution in [-0.4, -0.2) is 16.2 Å². The number of aromatic nitrogens is 1. The van der Waals surface area contributed by atoms with Gasteiger partial charge >= 0.3 is 0 Å². The largest absolute Gasteiger partial charge is 0.277 e. The molecule has 2 heterocycles. The average molecular weight is 340 g/mol. The number of pyridine rings is 1. The van der Waals surface area contributed by atoms with E-state index < -0.39 is 0 Å². The molecule has 0 unspecified atom stereocenters. The number of aryl methyl sites for hydroxylation is 1. The van der Waals surface area contributed by atoms with Crippen molar-refractivity contribution in [2.75, 3.05) is 0 Å². The molecule has 0 amide bonds. The Kier molecular flexibility index (Phi) is 3.66. The fourth-order valence-corrected chi connectivity index (χ4v) is 4.82. The van der Waals surface area contributed by atoms with Gasteiger partial charge < -0.3 is 0 Å². The number of aliphatic imine (C=N–C) groups is 1. The molecule has 26 heavy (non-hydrogen) atoms. The fraction of sp³-hybridized carbons (Fsp3) is 0.333. The summed E-state index contributed by atoms with van der Waals surface area (Å²) < 4.78 is 0. The van der Waals surface area contributed by atoms with E-state index in [-0.39, 0.29) is 5.54 Å². The molecule has 3 aromatic rings. The van der Waals surface area contributed by atoms with Gasteiger partial charge in [-0.1, -0.05) is 61.7 Å². The van der Waals surface area contributed by atoms with E-state index >= 15 is 0 Å². The lowest BCUT2D eigenvalue weighted by Gasteiger charge is -2.38. The van der Waals surface area contributed by atoms with Crippen LogP contribution < -0.4 is 0 Å². The lowest BCUT2D eigenvalue weighted by molar-refractivity contribution is 0.294. The summed E-state index contributed by atoms with van der Waals surface area (Å²) in [5, 5.41) is 1.23. The summed E-state index contributed by atoms with van der Waals surface area (Å²) in [5.74, 6) is 0. The van der Waals surface area contributed by atoms with E-state index in [2.05, 4.69) is 55.5 Å². The van der Waals surface area contributed by atoms with Crippen molar-refractivity contribution in [1.82, 2.24) is 4.98 Å². The highest BCUT2D eigenvalue weighted by Crippen LogP contribution is 2.40. The van der Waals surface area contributed by atoms with E-state index in [9.17, 15) is 0 Å². The molecule has 2 aliphatic rings. The summed E-state index contributed by atoms with van der Waals surface area (Å²) in [4.78, 5) is 10.2. The van der Waals surface area contributed by atoms with Crippen LogP contribution in [0.15, 0.2) is 59.7 Å². The zero-order valence-corrected chi connectivity index (χ0v) is 15.3. The van der Waals surface area contributed by atoms with Crippen LogP contribution in [0.4, 0.5) is 0 Å². The van der Waals surface area contributed by atoms with Crippen LogP contribution in [-0.2, 0) is 6.42 Å². The second-order valence-electron chi connectivity index (χ2n) is 7.89. The quantitative estimate of drug-likeness (QED) is 0.563.